The number of allylic oxidation sites excluding steroid dienone is 1. The van der Waals surface area contributed by atoms with E-state index >= 15 is 0 Å². The number of carbonyl (C=O) groups is 2. The molecule has 0 aliphatic heterocycles. The fourth-order valence-electron chi connectivity index (χ4n) is 1.60. The molecule has 0 spiro atoms. The molecule has 94 valence electrons. The van der Waals surface area contributed by atoms with Crippen LogP contribution in [0.3, 0.4) is 0 Å². The summed E-state index contributed by atoms with van der Waals surface area (Å²) >= 11 is 0. The molecule has 1 fully saturated rings. The fourth-order valence-corrected chi connectivity index (χ4v) is 1.60. The van der Waals surface area contributed by atoms with E-state index in [9.17, 15) is 9.59 Å². The van der Waals surface area contributed by atoms with Crippen LogP contribution in [0.25, 0.3) is 0 Å². The molecule has 18 heavy (non-hydrogen) atoms. The topological polar surface area (TPSA) is 58.2 Å². The maximum atomic E-state index is 11.6. The van der Waals surface area contributed by atoms with Crippen LogP contribution in [-0.2, 0) is 9.59 Å². The van der Waals surface area contributed by atoms with Crippen LogP contribution in [-0.4, -0.2) is 11.8 Å². The Labute approximate surface area is 106 Å². The minimum atomic E-state index is -0.178. The van der Waals surface area contributed by atoms with Gasteiger partial charge in [0.15, 0.2) is 0 Å². The zero-order chi connectivity index (χ0) is 13.0. The minimum Gasteiger partial charge on any atom is -0.326 e. The first-order valence-corrected chi connectivity index (χ1v) is 6.03. The van der Waals surface area contributed by atoms with Crippen molar-refractivity contribution in [3.63, 3.8) is 0 Å². The van der Waals surface area contributed by atoms with Gasteiger partial charge in [-0.05, 0) is 44.0 Å². The van der Waals surface area contributed by atoms with Crippen molar-refractivity contribution >= 4 is 23.2 Å². The lowest BCUT2D eigenvalue weighted by molar-refractivity contribution is -0.117. The molecule has 0 saturated heterocycles. The summed E-state index contributed by atoms with van der Waals surface area (Å²) in [6, 6.07) is 7.15. The quantitative estimate of drug-likeness (QED) is 0.800. The molecule has 1 aliphatic rings. The molecule has 0 radical (unpaired) electrons. The van der Waals surface area contributed by atoms with Gasteiger partial charge >= 0.3 is 0 Å². The second kappa shape index (κ2) is 5.49. The van der Waals surface area contributed by atoms with E-state index in [0.717, 1.165) is 12.8 Å². The minimum absolute atomic E-state index is 0.0620. The van der Waals surface area contributed by atoms with Gasteiger partial charge in [-0.15, -0.1) is 0 Å². The van der Waals surface area contributed by atoms with Gasteiger partial charge in [-0.2, -0.15) is 0 Å². The summed E-state index contributed by atoms with van der Waals surface area (Å²) in [6.45, 7) is 1.78. The molecule has 0 bridgehead atoms. The summed E-state index contributed by atoms with van der Waals surface area (Å²) in [7, 11) is 0. The first-order chi connectivity index (χ1) is 8.69. The van der Waals surface area contributed by atoms with Gasteiger partial charge < -0.3 is 10.6 Å². The van der Waals surface area contributed by atoms with E-state index in [2.05, 4.69) is 10.6 Å². The van der Waals surface area contributed by atoms with Gasteiger partial charge in [0.2, 0.25) is 11.8 Å². The Kier molecular flexibility index (Phi) is 3.77. The van der Waals surface area contributed by atoms with Crippen molar-refractivity contribution in [2.24, 2.45) is 5.92 Å². The summed E-state index contributed by atoms with van der Waals surface area (Å²) in [4.78, 5) is 23.0. The standard InChI is InChI=1S/C14H16N2O2/c1-2-4-13(17)15-11-5-3-6-12(9-11)16-14(18)10-7-8-10/h2-6,9-10H,7-8H2,1H3,(H,15,17)(H,16,18)/b4-2+. The van der Waals surface area contributed by atoms with Crippen LogP contribution in [0.1, 0.15) is 19.8 Å². The van der Waals surface area contributed by atoms with Crippen LogP contribution in [0.4, 0.5) is 11.4 Å². The average Bonchev–Trinajstić information content (AvgIpc) is 3.13. The summed E-state index contributed by atoms with van der Waals surface area (Å²) in [5, 5.41) is 5.57. The third-order valence-electron chi connectivity index (χ3n) is 2.66. The van der Waals surface area contributed by atoms with Crippen molar-refractivity contribution < 1.29 is 9.59 Å². The Balaban J connectivity index is 2.00. The number of hydrogen-bond donors (Lipinski definition) is 2. The number of amides is 2. The molecule has 1 aliphatic carbocycles. The van der Waals surface area contributed by atoms with Crippen molar-refractivity contribution in [1.29, 1.82) is 0 Å². The zero-order valence-electron chi connectivity index (χ0n) is 10.3. The SMILES string of the molecule is C/C=C/C(=O)Nc1cccc(NC(=O)C2CC2)c1. The van der Waals surface area contributed by atoms with E-state index in [1.807, 2.05) is 6.07 Å². The highest BCUT2D eigenvalue weighted by Gasteiger charge is 2.29. The molecule has 1 aromatic rings. The third-order valence-corrected chi connectivity index (χ3v) is 2.66. The van der Waals surface area contributed by atoms with Gasteiger partial charge in [-0.1, -0.05) is 12.1 Å². The van der Waals surface area contributed by atoms with Gasteiger partial charge in [0, 0.05) is 17.3 Å². The number of rotatable bonds is 4. The first kappa shape index (κ1) is 12.4. The van der Waals surface area contributed by atoms with Gasteiger partial charge in [-0.25, -0.2) is 0 Å². The Hall–Kier alpha value is -2.10. The lowest BCUT2D eigenvalue weighted by Crippen LogP contribution is -2.14. The van der Waals surface area contributed by atoms with Crippen LogP contribution in [0.2, 0.25) is 0 Å². The largest absolute Gasteiger partial charge is 0.326 e. The molecule has 1 aromatic carbocycles. The van der Waals surface area contributed by atoms with E-state index < -0.39 is 0 Å². The van der Waals surface area contributed by atoms with E-state index in [4.69, 9.17) is 0 Å². The van der Waals surface area contributed by atoms with Crippen molar-refractivity contribution in [3.05, 3.63) is 36.4 Å². The molecule has 2 rings (SSSR count). The van der Waals surface area contributed by atoms with E-state index in [0.29, 0.717) is 11.4 Å². The van der Waals surface area contributed by atoms with Gasteiger partial charge in [0.1, 0.15) is 0 Å². The normalized spacial score (nSPS) is 14.5. The molecule has 0 unspecified atom stereocenters. The lowest BCUT2D eigenvalue weighted by Gasteiger charge is -2.07. The Morgan fingerprint density at radius 2 is 1.89 bits per heavy atom. The summed E-state index contributed by atoms with van der Waals surface area (Å²) in [5.74, 6) is 0.0568. The molecule has 0 atom stereocenters. The van der Waals surface area contributed by atoms with Crippen LogP contribution in [0.5, 0.6) is 0 Å². The molecular weight excluding hydrogens is 228 g/mol. The number of nitrogens with one attached hydrogen (secondary N) is 2. The third kappa shape index (κ3) is 3.45. The maximum Gasteiger partial charge on any atom is 0.248 e. The molecule has 0 aromatic heterocycles. The Morgan fingerprint density at radius 3 is 2.50 bits per heavy atom. The van der Waals surface area contributed by atoms with Crippen LogP contribution < -0.4 is 10.6 Å². The predicted molar refractivity (Wildman–Crippen MR) is 71.2 cm³/mol. The number of hydrogen-bond acceptors (Lipinski definition) is 2. The van der Waals surface area contributed by atoms with Crippen molar-refractivity contribution in [2.75, 3.05) is 10.6 Å². The van der Waals surface area contributed by atoms with Crippen LogP contribution >= 0.6 is 0 Å². The average molecular weight is 244 g/mol. The smallest absolute Gasteiger partial charge is 0.248 e. The maximum absolute atomic E-state index is 11.6. The van der Waals surface area contributed by atoms with Gasteiger partial charge in [0.05, 0.1) is 0 Å². The second-order valence-corrected chi connectivity index (χ2v) is 4.33. The predicted octanol–water partition coefficient (Wildman–Crippen LogP) is 2.55. The first-order valence-electron chi connectivity index (χ1n) is 6.03. The molecule has 2 N–H and O–H groups in total. The van der Waals surface area contributed by atoms with Gasteiger partial charge in [-0.3, -0.25) is 9.59 Å². The van der Waals surface area contributed by atoms with E-state index in [1.165, 1.54) is 6.08 Å². The molecule has 1 saturated carbocycles. The number of anilines is 2. The molecule has 0 heterocycles. The van der Waals surface area contributed by atoms with Gasteiger partial charge in [0.25, 0.3) is 0 Å². The Bertz CT molecular complexity index is 490. The van der Waals surface area contributed by atoms with E-state index in [-0.39, 0.29) is 17.7 Å². The molecule has 4 nitrogen and oxygen atoms in total. The molecular formula is C14H16N2O2. The van der Waals surface area contributed by atoms with Crippen molar-refractivity contribution in [2.45, 2.75) is 19.8 Å². The Morgan fingerprint density at radius 1 is 1.22 bits per heavy atom. The number of carbonyl (C=O) groups excluding carboxylic acids is 2. The van der Waals surface area contributed by atoms with Crippen molar-refractivity contribution in [1.82, 2.24) is 0 Å². The lowest BCUT2D eigenvalue weighted by atomic mass is 10.2. The van der Waals surface area contributed by atoms with Crippen LogP contribution in [0, 0.1) is 5.92 Å². The highest BCUT2D eigenvalue weighted by Crippen LogP contribution is 2.30. The summed E-state index contributed by atoms with van der Waals surface area (Å²) in [5.41, 5.74) is 1.39. The fraction of sp³-hybridized carbons (Fsp3) is 0.286. The second-order valence-electron chi connectivity index (χ2n) is 4.33. The highest BCUT2D eigenvalue weighted by atomic mass is 16.2. The monoisotopic (exact) mass is 244 g/mol. The summed E-state index contributed by atoms with van der Waals surface area (Å²) in [6.07, 6.45) is 5.08. The molecule has 4 heteroatoms. The zero-order valence-corrected chi connectivity index (χ0v) is 10.3. The van der Waals surface area contributed by atoms with Crippen molar-refractivity contribution in [3.8, 4) is 0 Å². The number of benzene rings is 1. The van der Waals surface area contributed by atoms with E-state index in [1.54, 1.807) is 31.2 Å². The van der Waals surface area contributed by atoms with Crippen LogP contribution in [0.15, 0.2) is 36.4 Å². The summed E-state index contributed by atoms with van der Waals surface area (Å²) < 4.78 is 0. The molecule has 2 amide bonds. The highest BCUT2D eigenvalue weighted by molar-refractivity contribution is 6.00.